The molecule has 2 aromatic rings. The Morgan fingerprint density at radius 1 is 0.667 bits per heavy atom. The van der Waals surface area contributed by atoms with Gasteiger partial charge in [0.15, 0.2) is 0 Å². The molecule has 0 bridgehead atoms. The van der Waals surface area contributed by atoms with E-state index < -0.39 is 0 Å². The highest BCUT2D eigenvalue weighted by Gasteiger charge is 2.21. The van der Waals surface area contributed by atoms with Gasteiger partial charge in [-0.15, -0.1) is 0 Å². The standard InChI is InChI=1S/C18H18Br2F2O2/c19-9-17(23-11-13-1-5-15(21)6-2-13)18(10-20)24-12-14-3-7-16(22)8-4-14/h1-8,17-18H,9-12H2/t17-,18-/m0/s1. The van der Waals surface area contributed by atoms with E-state index in [-0.39, 0.29) is 23.8 Å². The highest BCUT2D eigenvalue weighted by Crippen LogP contribution is 2.16. The van der Waals surface area contributed by atoms with Gasteiger partial charge in [0.1, 0.15) is 11.6 Å². The van der Waals surface area contributed by atoms with Gasteiger partial charge in [-0.05, 0) is 35.4 Å². The maximum Gasteiger partial charge on any atom is 0.123 e. The van der Waals surface area contributed by atoms with Gasteiger partial charge in [-0.25, -0.2) is 8.78 Å². The zero-order valence-electron chi connectivity index (χ0n) is 12.9. The van der Waals surface area contributed by atoms with Crippen LogP contribution in [0.15, 0.2) is 48.5 Å². The third-order valence-electron chi connectivity index (χ3n) is 3.47. The van der Waals surface area contributed by atoms with Crippen LogP contribution in [-0.2, 0) is 22.7 Å². The molecule has 0 aromatic heterocycles. The summed E-state index contributed by atoms with van der Waals surface area (Å²) in [5, 5.41) is 1.21. The fraction of sp³-hybridized carbons (Fsp3) is 0.333. The number of hydrogen-bond acceptors (Lipinski definition) is 2. The van der Waals surface area contributed by atoms with Crippen molar-refractivity contribution in [2.45, 2.75) is 25.4 Å². The Morgan fingerprint density at radius 2 is 1.00 bits per heavy atom. The molecule has 2 rings (SSSR count). The lowest BCUT2D eigenvalue weighted by atomic mass is 10.2. The Kier molecular flexibility index (Phi) is 8.32. The summed E-state index contributed by atoms with van der Waals surface area (Å²) in [6.07, 6.45) is -0.343. The van der Waals surface area contributed by atoms with Crippen LogP contribution in [0.3, 0.4) is 0 Å². The zero-order valence-corrected chi connectivity index (χ0v) is 16.1. The molecule has 2 atom stereocenters. The van der Waals surface area contributed by atoms with Gasteiger partial charge in [-0.2, -0.15) is 0 Å². The van der Waals surface area contributed by atoms with Gasteiger partial charge in [0, 0.05) is 10.7 Å². The molecule has 0 fully saturated rings. The van der Waals surface area contributed by atoms with Crippen molar-refractivity contribution in [1.82, 2.24) is 0 Å². The second-order valence-electron chi connectivity index (χ2n) is 5.26. The lowest BCUT2D eigenvalue weighted by molar-refractivity contribution is -0.0631. The smallest absolute Gasteiger partial charge is 0.123 e. The third-order valence-corrected chi connectivity index (χ3v) is 4.75. The quantitative estimate of drug-likeness (QED) is 0.474. The minimum atomic E-state index is -0.267. The maximum atomic E-state index is 12.9. The second kappa shape index (κ2) is 10.2. The number of ether oxygens (including phenoxy) is 2. The summed E-state index contributed by atoms with van der Waals surface area (Å²) in [6.45, 7) is 0.750. The molecule has 2 aromatic carbocycles. The summed E-state index contributed by atoms with van der Waals surface area (Å²) < 4.78 is 37.6. The molecule has 0 saturated heterocycles. The molecule has 130 valence electrons. The normalized spacial score (nSPS) is 13.7. The van der Waals surface area contributed by atoms with E-state index in [1.165, 1.54) is 24.3 Å². The first kappa shape index (κ1) is 19.5. The summed E-state index contributed by atoms with van der Waals surface area (Å²) in [5.41, 5.74) is 1.79. The van der Waals surface area contributed by atoms with Crippen LogP contribution in [0.2, 0.25) is 0 Å². The average Bonchev–Trinajstić information content (AvgIpc) is 2.60. The van der Waals surface area contributed by atoms with E-state index in [2.05, 4.69) is 31.9 Å². The largest absolute Gasteiger partial charge is 0.370 e. The van der Waals surface area contributed by atoms with Crippen molar-refractivity contribution < 1.29 is 18.3 Å². The van der Waals surface area contributed by atoms with Gasteiger partial charge in [0.2, 0.25) is 0 Å². The molecule has 0 spiro atoms. The van der Waals surface area contributed by atoms with E-state index in [0.717, 1.165) is 11.1 Å². The van der Waals surface area contributed by atoms with Crippen LogP contribution in [0.1, 0.15) is 11.1 Å². The van der Waals surface area contributed by atoms with E-state index in [9.17, 15) is 8.78 Å². The van der Waals surface area contributed by atoms with E-state index in [1.54, 1.807) is 24.3 Å². The van der Waals surface area contributed by atoms with Crippen LogP contribution in [0, 0.1) is 11.6 Å². The first-order valence-electron chi connectivity index (χ1n) is 7.46. The molecule has 0 saturated carbocycles. The minimum Gasteiger partial charge on any atom is -0.370 e. The highest BCUT2D eigenvalue weighted by molar-refractivity contribution is 9.09. The molecule has 6 heteroatoms. The maximum absolute atomic E-state index is 12.9. The van der Waals surface area contributed by atoms with Crippen molar-refractivity contribution in [1.29, 1.82) is 0 Å². The molecule has 0 aliphatic rings. The first-order chi connectivity index (χ1) is 11.6. The molecule has 0 radical (unpaired) electrons. The molecular formula is C18H18Br2F2O2. The van der Waals surface area contributed by atoms with Gasteiger partial charge in [-0.3, -0.25) is 0 Å². The number of benzene rings is 2. The molecule has 0 heterocycles. The Bertz CT molecular complexity index is 550. The Balaban J connectivity index is 1.88. The van der Waals surface area contributed by atoms with Gasteiger partial charge in [-0.1, -0.05) is 56.1 Å². The van der Waals surface area contributed by atoms with Crippen molar-refractivity contribution in [3.63, 3.8) is 0 Å². The SMILES string of the molecule is Fc1ccc(CO[C@@H](CBr)[C@H](CBr)OCc2ccc(F)cc2)cc1. The number of alkyl halides is 2. The van der Waals surface area contributed by atoms with Gasteiger partial charge in [0.05, 0.1) is 25.4 Å². The van der Waals surface area contributed by atoms with Gasteiger partial charge in [0.25, 0.3) is 0 Å². The van der Waals surface area contributed by atoms with Crippen LogP contribution in [0.5, 0.6) is 0 Å². The van der Waals surface area contributed by atoms with Crippen LogP contribution < -0.4 is 0 Å². The average molecular weight is 464 g/mol. The predicted molar refractivity (Wildman–Crippen MR) is 97.5 cm³/mol. The summed E-state index contributed by atoms with van der Waals surface area (Å²) in [4.78, 5) is 0. The lowest BCUT2D eigenvalue weighted by Crippen LogP contribution is -2.34. The van der Waals surface area contributed by atoms with Gasteiger partial charge >= 0.3 is 0 Å². The minimum absolute atomic E-state index is 0.171. The van der Waals surface area contributed by atoms with E-state index in [4.69, 9.17) is 9.47 Å². The summed E-state index contributed by atoms with van der Waals surface area (Å²) in [5.74, 6) is -0.534. The molecule has 0 unspecified atom stereocenters. The lowest BCUT2D eigenvalue weighted by Gasteiger charge is -2.25. The Hall–Kier alpha value is -0.820. The third kappa shape index (κ3) is 6.24. The molecule has 0 N–H and O–H groups in total. The fourth-order valence-electron chi connectivity index (χ4n) is 2.07. The van der Waals surface area contributed by atoms with Crippen LogP contribution in [-0.4, -0.2) is 22.9 Å². The molecule has 2 nitrogen and oxygen atoms in total. The topological polar surface area (TPSA) is 18.5 Å². The number of rotatable bonds is 9. The van der Waals surface area contributed by atoms with Crippen molar-refractivity contribution >= 4 is 31.9 Å². The van der Waals surface area contributed by atoms with Crippen molar-refractivity contribution in [3.05, 3.63) is 71.3 Å². The van der Waals surface area contributed by atoms with Crippen LogP contribution in [0.25, 0.3) is 0 Å². The summed E-state index contributed by atoms with van der Waals surface area (Å²) in [7, 11) is 0. The van der Waals surface area contributed by atoms with Crippen LogP contribution in [0.4, 0.5) is 8.78 Å². The first-order valence-corrected chi connectivity index (χ1v) is 9.70. The number of hydrogen-bond donors (Lipinski definition) is 0. The fourth-order valence-corrected chi connectivity index (χ4v) is 3.28. The molecule has 0 aliphatic carbocycles. The predicted octanol–water partition coefficient (Wildman–Crippen LogP) is 5.23. The molecule has 0 amide bonds. The van der Waals surface area contributed by atoms with Crippen molar-refractivity contribution in [3.8, 4) is 0 Å². The Labute approximate surface area is 157 Å². The van der Waals surface area contributed by atoms with E-state index in [0.29, 0.717) is 23.9 Å². The van der Waals surface area contributed by atoms with Crippen molar-refractivity contribution in [2.24, 2.45) is 0 Å². The summed E-state index contributed by atoms with van der Waals surface area (Å²) in [6, 6.07) is 12.4. The zero-order chi connectivity index (χ0) is 17.4. The van der Waals surface area contributed by atoms with Crippen molar-refractivity contribution in [2.75, 3.05) is 10.7 Å². The highest BCUT2D eigenvalue weighted by atomic mass is 79.9. The van der Waals surface area contributed by atoms with Crippen LogP contribution >= 0.6 is 31.9 Å². The van der Waals surface area contributed by atoms with E-state index in [1.807, 2.05) is 0 Å². The molecule has 0 aliphatic heterocycles. The number of halogens is 4. The van der Waals surface area contributed by atoms with E-state index >= 15 is 0 Å². The monoisotopic (exact) mass is 462 g/mol. The molecular weight excluding hydrogens is 446 g/mol. The molecule has 24 heavy (non-hydrogen) atoms. The van der Waals surface area contributed by atoms with Gasteiger partial charge < -0.3 is 9.47 Å². The Morgan fingerprint density at radius 3 is 1.29 bits per heavy atom. The second-order valence-corrected chi connectivity index (χ2v) is 6.56. The summed E-state index contributed by atoms with van der Waals surface area (Å²) >= 11 is 6.89.